The summed E-state index contributed by atoms with van der Waals surface area (Å²) in [4.78, 5) is 17.0. The van der Waals surface area contributed by atoms with E-state index in [1.807, 2.05) is 23.7 Å². The van der Waals surface area contributed by atoms with Gasteiger partial charge in [0.2, 0.25) is 0 Å². The predicted octanol–water partition coefficient (Wildman–Crippen LogP) is 3.57. The minimum absolute atomic E-state index is 0.430. The van der Waals surface area contributed by atoms with Crippen LogP contribution in [0.4, 0.5) is 5.82 Å². The summed E-state index contributed by atoms with van der Waals surface area (Å²) in [5.74, 6) is 1.34. The second kappa shape index (κ2) is 6.15. The third-order valence-corrected chi connectivity index (χ3v) is 3.85. The molecule has 0 bridgehead atoms. The maximum absolute atomic E-state index is 5.90. The van der Waals surface area contributed by atoms with Gasteiger partial charge in [0.25, 0.3) is 0 Å². The Morgan fingerprint density at radius 1 is 1.29 bits per heavy atom. The van der Waals surface area contributed by atoms with Crippen LogP contribution in [0.15, 0.2) is 36.0 Å². The van der Waals surface area contributed by atoms with Crippen molar-refractivity contribution in [1.29, 1.82) is 0 Å². The third kappa shape index (κ3) is 3.53. The molecule has 5 nitrogen and oxygen atoms in total. The Morgan fingerprint density at radius 2 is 2.19 bits per heavy atom. The number of halogens is 1. The Labute approximate surface area is 131 Å². The fourth-order valence-electron chi connectivity index (χ4n) is 1.81. The van der Waals surface area contributed by atoms with Crippen LogP contribution in [0, 0.1) is 6.92 Å². The lowest BCUT2D eigenvalue weighted by atomic mass is 10.3. The highest BCUT2D eigenvalue weighted by Crippen LogP contribution is 2.23. The first-order valence-electron chi connectivity index (χ1n) is 6.30. The van der Waals surface area contributed by atoms with Crippen molar-refractivity contribution in [3.05, 3.63) is 52.6 Å². The molecule has 0 amide bonds. The first kappa shape index (κ1) is 13.9. The molecule has 0 aliphatic carbocycles. The highest BCUT2D eigenvalue weighted by molar-refractivity contribution is 7.13. The van der Waals surface area contributed by atoms with Crippen LogP contribution >= 0.6 is 22.9 Å². The van der Waals surface area contributed by atoms with E-state index in [9.17, 15) is 0 Å². The van der Waals surface area contributed by atoms with E-state index in [-0.39, 0.29) is 0 Å². The van der Waals surface area contributed by atoms with Gasteiger partial charge in [0.15, 0.2) is 0 Å². The zero-order valence-corrected chi connectivity index (χ0v) is 12.8. The van der Waals surface area contributed by atoms with Crippen molar-refractivity contribution in [2.75, 3.05) is 5.32 Å². The lowest BCUT2D eigenvalue weighted by Crippen LogP contribution is -2.03. The molecule has 3 heterocycles. The van der Waals surface area contributed by atoms with Crippen molar-refractivity contribution in [3.63, 3.8) is 0 Å². The number of thiazole rings is 1. The van der Waals surface area contributed by atoms with E-state index < -0.39 is 0 Å². The molecule has 0 aliphatic rings. The second-order valence-corrected chi connectivity index (χ2v) is 5.61. The van der Waals surface area contributed by atoms with Crippen LogP contribution in [0.25, 0.3) is 10.6 Å². The fraction of sp³-hybridized carbons (Fsp3) is 0.143. The van der Waals surface area contributed by atoms with Gasteiger partial charge >= 0.3 is 0 Å². The molecule has 0 atom stereocenters. The smallest absolute Gasteiger partial charge is 0.134 e. The average Bonchev–Trinajstić information content (AvgIpc) is 2.94. The maximum Gasteiger partial charge on any atom is 0.134 e. The summed E-state index contributed by atoms with van der Waals surface area (Å²) in [5, 5.41) is 6.60. The van der Waals surface area contributed by atoms with E-state index >= 15 is 0 Å². The van der Waals surface area contributed by atoms with Crippen molar-refractivity contribution >= 4 is 28.8 Å². The van der Waals surface area contributed by atoms with Crippen molar-refractivity contribution in [2.45, 2.75) is 13.5 Å². The average molecular weight is 318 g/mol. The number of aryl methyl sites for hydroxylation is 1. The van der Waals surface area contributed by atoms with Gasteiger partial charge in [0.1, 0.15) is 21.8 Å². The van der Waals surface area contributed by atoms with E-state index in [1.54, 1.807) is 30.5 Å². The number of nitrogens with zero attached hydrogens (tertiary/aromatic N) is 4. The first-order chi connectivity index (χ1) is 10.2. The largest absolute Gasteiger partial charge is 0.364 e. The summed E-state index contributed by atoms with van der Waals surface area (Å²) < 4.78 is 0. The molecule has 0 radical (unpaired) electrons. The molecule has 0 saturated carbocycles. The maximum atomic E-state index is 5.90. The Morgan fingerprint density at radius 3 is 2.95 bits per heavy atom. The number of hydrogen-bond donors (Lipinski definition) is 1. The Bertz CT molecular complexity index is 724. The van der Waals surface area contributed by atoms with Gasteiger partial charge in [-0.3, -0.25) is 4.98 Å². The standard InChI is InChI=1S/C14H12ClN5S/c1-9-18-12(15)5-13(19-9)17-7-11-8-21-14(20-11)10-3-2-4-16-6-10/h2-6,8H,7H2,1H3,(H,17,18,19). The Balaban J connectivity index is 1.70. The van der Waals surface area contributed by atoms with Crippen LogP contribution in [0.5, 0.6) is 0 Å². The summed E-state index contributed by atoms with van der Waals surface area (Å²) in [6.07, 6.45) is 3.56. The second-order valence-electron chi connectivity index (χ2n) is 4.36. The van der Waals surface area contributed by atoms with Crippen molar-refractivity contribution in [3.8, 4) is 10.6 Å². The molecule has 1 N–H and O–H groups in total. The summed E-state index contributed by atoms with van der Waals surface area (Å²) in [7, 11) is 0. The number of aromatic nitrogens is 4. The highest BCUT2D eigenvalue weighted by Gasteiger charge is 2.05. The predicted molar refractivity (Wildman–Crippen MR) is 84.5 cm³/mol. The molecule has 0 aliphatic heterocycles. The van der Waals surface area contributed by atoms with Crippen molar-refractivity contribution < 1.29 is 0 Å². The van der Waals surface area contributed by atoms with Gasteiger partial charge in [-0.05, 0) is 19.1 Å². The Kier molecular flexibility index (Phi) is 4.08. The van der Waals surface area contributed by atoms with E-state index in [2.05, 4.69) is 25.3 Å². The minimum Gasteiger partial charge on any atom is -0.364 e. The summed E-state index contributed by atoms with van der Waals surface area (Å²) >= 11 is 7.50. The third-order valence-electron chi connectivity index (χ3n) is 2.72. The summed E-state index contributed by atoms with van der Waals surface area (Å²) in [6, 6.07) is 5.60. The van der Waals surface area contributed by atoms with E-state index in [0.29, 0.717) is 23.3 Å². The molecule has 21 heavy (non-hydrogen) atoms. The molecule has 0 spiro atoms. The monoisotopic (exact) mass is 317 g/mol. The fourth-order valence-corrected chi connectivity index (χ4v) is 2.85. The summed E-state index contributed by atoms with van der Waals surface area (Å²) in [5.41, 5.74) is 1.97. The van der Waals surface area contributed by atoms with Crippen LogP contribution in [-0.2, 0) is 6.54 Å². The number of anilines is 1. The van der Waals surface area contributed by atoms with Crippen LogP contribution in [0.3, 0.4) is 0 Å². The van der Waals surface area contributed by atoms with Gasteiger partial charge in [-0.25, -0.2) is 15.0 Å². The first-order valence-corrected chi connectivity index (χ1v) is 7.56. The number of hydrogen-bond acceptors (Lipinski definition) is 6. The molecule has 7 heteroatoms. The van der Waals surface area contributed by atoms with Crippen LogP contribution < -0.4 is 5.32 Å². The van der Waals surface area contributed by atoms with Gasteiger partial charge in [-0.2, -0.15) is 0 Å². The molecule has 3 aromatic rings. The highest BCUT2D eigenvalue weighted by atomic mass is 35.5. The quantitative estimate of drug-likeness (QED) is 0.745. The lowest BCUT2D eigenvalue weighted by Gasteiger charge is -2.04. The van der Waals surface area contributed by atoms with E-state index in [4.69, 9.17) is 11.6 Å². The molecular formula is C14H12ClN5S. The molecular weight excluding hydrogens is 306 g/mol. The van der Waals surface area contributed by atoms with E-state index in [0.717, 1.165) is 16.3 Å². The molecule has 106 valence electrons. The molecule has 3 aromatic heterocycles. The van der Waals surface area contributed by atoms with Crippen LogP contribution in [-0.4, -0.2) is 19.9 Å². The summed E-state index contributed by atoms with van der Waals surface area (Å²) in [6.45, 7) is 2.39. The normalized spacial score (nSPS) is 10.6. The van der Waals surface area contributed by atoms with Gasteiger partial charge in [0.05, 0.1) is 12.2 Å². The molecule has 0 unspecified atom stereocenters. The van der Waals surface area contributed by atoms with Gasteiger partial charge in [-0.15, -0.1) is 11.3 Å². The molecule has 3 rings (SSSR count). The number of pyridine rings is 1. The van der Waals surface area contributed by atoms with Crippen LogP contribution in [0.2, 0.25) is 5.15 Å². The Hall–Kier alpha value is -2.05. The van der Waals surface area contributed by atoms with Gasteiger partial charge in [0, 0.05) is 29.4 Å². The van der Waals surface area contributed by atoms with Gasteiger partial charge in [-0.1, -0.05) is 11.6 Å². The number of rotatable bonds is 4. The topological polar surface area (TPSA) is 63.6 Å². The molecule has 0 fully saturated rings. The van der Waals surface area contributed by atoms with Crippen molar-refractivity contribution in [1.82, 2.24) is 19.9 Å². The van der Waals surface area contributed by atoms with E-state index in [1.165, 1.54) is 0 Å². The molecule has 0 aromatic carbocycles. The number of nitrogens with one attached hydrogen (secondary N) is 1. The molecule has 0 saturated heterocycles. The zero-order chi connectivity index (χ0) is 14.7. The minimum atomic E-state index is 0.430. The lowest BCUT2D eigenvalue weighted by molar-refractivity contribution is 1.01. The van der Waals surface area contributed by atoms with Gasteiger partial charge < -0.3 is 5.32 Å². The zero-order valence-electron chi connectivity index (χ0n) is 11.2. The SMILES string of the molecule is Cc1nc(Cl)cc(NCc2csc(-c3cccnc3)n2)n1. The van der Waals surface area contributed by atoms with Crippen molar-refractivity contribution in [2.24, 2.45) is 0 Å². The van der Waals surface area contributed by atoms with Crippen LogP contribution in [0.1, 0.15) is 11.5 Å².